The Bertz CT molecular complexity index is 365. The number of rotatable bonds is 5. The number of para-hydroxylation sites is 1. The number of aliphatic hydroxyl groups excluding tert-OH is 1. The molecule has 1 aromatic carbocycles. The molecule has 1 aromatic rings. The van der Waals surface area contributed by atoms with Gasteiger partial charge in [0.15, 0.2) is 11.5 Å². The van der Waals surface area contributed by atoms with Gasteiger partial charge in [-0.1, -0.05) is 6.07 Å². The summed E-state index contributed by atoms with van der Waals surface area (Å²) in [4.78, 5) is 11.5. The van der Waals surface area contributed by atoms with E-state index in [1.165, 1.54) is 18.2 Å². The molecule has 0 heterocycles. The van der Waals surface area contributed by atoms with E-state index in [4.69, 9.17) is 5.11 Å². The molecule has 0 saturated carbocycles. The van der Waals surface area contributed by atoms with E-state index in [9.17, 15) is 15.0 Å². The fourth-order valence-corrected chi connectivity index (χ4v) is 1.25. The quantitative estimate of drug-likeness (QED) is 0.436. The second-order valence-corrected chi connectivity index (χ2v) is 3.36. The maximum atomic E-state index is 11.5. The third kappa shape index (κ3) is 3.13. The van der Waals surface area contributed by atoms with E-state index in [0.29, 0.717) is 19.4 Å². The van der Waals surface area contributed by atoms with Crippen molar-refractivity contribution < 1.29 is 20.1 Å². The average molecular weight is 225 g/mol. The maximum absolute atomic E-state index is 11.5. The number of amides is 1. The number of carbonyl (C=O) groups is 1. The summed E-state index contributed by atoms with van der Waals surface area (Å²) in [5.74, 6) is -1.17. The van der Waals surface area contributed by atoms with Crippen LogP contribution in [0.5, 0.6) is 11.5 Å². The molecule has 1 amide bonds. The SMILES string of the molecule is O=C(NCCCCO)c1cccc(O)c1O. The minimum absolute atomic E-state index is 0.0454. The Labute approximate surface area is 93.4 Å². The lowest BCUT2D eigenvalue weighted by Crippen LogP contribution is -2.24. The van der Waals surface area contributed by atoms with Crippen LogP contribution in [0.15, 0.2) is 18.2 Å². The molecule has 0 bridgehead atoms. The number of phenolic OH excluding ortho intramolecular Hbond substituents is 2. The summed E-state index contributed by atoms with van der Waals surface area (Å²) in [6, 6.07) is 4.21. The standard InChI is InChI=1S/C11H15NO4/c13-7-2-1-6-12-11(16)8-4-3-5-9(14)10(8)15/h3-5,13-15H,1-2,6-7H2,(H,12,16). The highest BCUT2D eigenvalue weighted by Crippen LogP contribution is 2.27. The Morgan fingerprint density at radius 3 is 2.69 bits per heavy atom. The maximum Gasteiger partial charge on any atom is 0.255 e. The summed E-state index contributed by atoms with van der Waals surface area (Å²) < 4.78 is 0. The molecule has 16 heavy (non-hydrogen) atoms. The van der Waals surface area contributed by atoms with Gasteiger partial charge in [0.25, 0.3) is 5.91 Å². The molecule has 88 valence electrons. The van der Waals surface area contributed by atoms with Gasteiger partial charge in [0, 0.05) is 13.2 Å². The second kappa shape index (κ2) is 5.97. The molecule has 5 heteroatoms. The lowest BCUT2D eigenvalue weighted by Gasteiger charge is -2.07. The molecule has 4 N–H and O–H groups in total. The molecule has 0 atom stereocenters. The highest BCUT2D eigenvalue weighted by atomic mass is 16.3. The van der Waals surface area contributed by atoms with Crippen molar-refractivity contribution in [2.45, 2.75) is 12.8 Å². The van der Waals surface area contributed by atoms with Crippen LogP contribution in [0.1, 0.15) is 23.2 Å². The second-order valence-electron chi connectivity index (χ2n) is 3.36. The zero-order valence-corrected chi connectivity index (χ0v) is 8.81. The first-order valence-corrected chi connectivity index (χ1v) is 5.07. The fourth-order valence-electron chi connectivity index (χ4n) is 1.25. The Morgan fingerprint density at radius 1 is 1.25 bits per heavy atom. The van der Waals surface area contributed by atoms with E-state index < -0.39 is 11.7 Å². The molecule has 0 saturated heterocycles. The van der Waals surface area contributed by atoms with Crippen LogP contribution < -0.4 is 5.32 Å². The zero-order chi connectivity index (χ0) is 12.0. The molecule has 0 aliphatic rings. The van der Waals surface area contributed by atoms with Gasteiger partial charge in [-0.3, -0.25) is 4.79 Å². The zero-order valence-electron chi connectivity index (χ0n) is 8.81. The Kier molecular flexibility index (Phi) is 4.60. The van der Waals surface area contributed by atoms with Crippen molar-refractivity contribution in [3.8, 4) is 11.5 Å². The van der Waals surface area contributed by atoms with E-state index in [-0.39, 0.29) is 17.9 Å². The largest absolute Gasteiger partial charge is 0.504 e. The van der Waals surface area contributed by atoms with Crippen LogP contribution in [0.2, 0.25) is 0 Å². The van der Waals surface area contributed by atoms with Gasteiger partial charge in [-0.05, 0) is 25.0 Å². The third-order valence-electron chi connectivity index (χ3n) is 2.13. The first-order valence-electron chi connectivity index (χ1n) is 5.07. The number of carbonyl (C=O) groups excluding carboxylic acids is 1. The summed E-state index contributed by atoms with van der Waals surface area (Å²) in [6.07, 6.45) is 1.29. The van der Waals surface area contributed by atoms with E-state index in [2.05, 4.69) is 5.32 Å². The molecular weight excluding hydrogens is 210 g/mol. The van der Waals surface area contributed by atoms with Crippen LogP contribution in [-0.4, -0.2) is 34.4 Å². The Hall–Kier alpha value is -1.75. The monoisotopic (exact) mass is 225 g/mol. The van der Waals surface area contributed by atoms with Crippen LogP contribution in [0, 0.1) is 0 Å². The van der Waals surface area contributed by atoms with Gasteiger partial charge >= 0.3 is 0 Å². The summed E-state index contributed by atoms with van der Waals surface area (Å²) in [7, 11) is 0. The number of hydrogen-bond donors (Lipinski definition) is 4. The number of aliphatic hydroxyl groups is 1. The van der Waals surface area contributed by atoms with Gasteiger partial charge in [0.2, 0.25) is 0 Å². The van der Waals surface area contributed by atoms with E-state index >= 15 is 0 Å². The molecule has 0 aliphatic carbocycles. The van der Waals surface area contributed by atoms with Crippen LogP contribution in [0.3, 0.4) is 0 Å². The fraction of sp³-hybridized carbons (Fsp3) is 0.364. The lowest BCUT2D eigenvalue weighted by molar-refractivity contribution is 0.0948. The number of hydrogen-bond acceptors (Lipinski definition) is 4. The predicted octanol–water partition coefficient (Wildman–Crippen LogP) is 0.600. The van der Waals surface area contributed by atoms with Gasteiger partial charge < -0.3 is 20.6 Å². The number of unbranched alkanes of at least 4 members (excludes halogenated alkanes) is 1. The van der Waals surface area contributed by atoms with Crippen molar-refractivity contribution in [2.24, 2.45) is 0 Å². The molecule has 5 nitrogen and oxygen atoms in total. The summed E-state index contributed by atoms with van der Waals surface area (Å²) in [6.45, 7) is 0.516. The van der Waals surface area contributed by atoms with Crippen LogP contribution in [-0.2, 0) is 0 Å². The number of benzene rings is 1. The predicted molar refractivity (Wildman–Crippen MR) is 58.4 cm³/mol. The average Bonchev–Trinajstić information content (AvgIpc) is 2.28. The van der Waals surface area contributed by atoms with E-state index in [0.717, 1.165) is 0 Å². The minimum Gasteiger partial charge on any atom is -0.504 e. The third-order valence-corrected chi connectivity index (χ3v) is 2.13. The molecule has 0 unspecified atom stereocenters. The minimum atomic E-state index is -0.439. The van der Waals surface area contributed by atoms with Crippen molar-refractivity contribution in [1.29, 1.82) is 0 Å². The molecule has 0 aliphatic heterocycles. The summed E-state index contributed by atoms with van der Waals surface area (Å²) in [5, 5.41) is 29.7. The van der Waals surface area contributed by atoms with Crippen molar-refractivity contribution >= 4 is 5.91 Å². The molecule has 0 fully saturated rings. The van der Waals surface area contributed by atoms with Gasteiger partial charge in [-0.15, -0.1) is 0 Å². The number of phenols is 2. The van der Waals surface area contributed by atoms with E-state index in [1.807, 2.05) is 0 Å². The van der Waals surface area contributed by atoms with Crippen molar-refractivity contribution in [3.63, 3.8) is 0 Å². The van der Waals surface area contributed by atoms with Crippen LogP contribution in [0.25, 0.3) is 0 Å². The normalized spacial score (nSPS) is 10.1. The first-order chi connectivity index (χ1) is 7.66. The lowest BCUT2D eigenvalue weighted by atomic mass is 10.1. The summed E-state index contributed by atoms with van der Waals surface area (Å²) >= 11 is 0. The van der Waals surface area contributed by atoms with Gasteiger partial charge in [0.1, 0.15) is 0 Å². The smallest absolute Gasteiger partial charge is 0.255 e. The van der Waals surface area contributed by atoms with Crippen molar-refractivity contribution in [3.05, 3.63) is 23.8 Å². The number of aromatic hydroxyl groups is 2. The topological polar surface area (TPSA) is 89.8 Å². The van der Waals surface area contributed by atoms with Crippen LogP contribution in [0.4, 0.5) is 0 Å². The Morgan fingerprint density at radius 2 is 2.00 bits per heavy atom. The highest BCUT2D eigenvalue weighted by molar-refractivity contribution is 5.97. The van der Waals surface area contributed by atoms with Crippen LogP contribution >= 0.6 is 0 Å². The van der Waals surface area contributed by atoms with Gasteiger partial charge in [-0.2, -0.15) is 0 Å². The summed E-state index contributed by atoms with van der Waals surface area (Å²) in [5.41, 5.74) is 0.0454. The molecule has 0 spiro atoms. The van der Waals surface area contributed by atoms with Crippen molar-refractivity contribution in [2.75, 3.05) is 13.2 Å². The van der Waals surface area contributed by atoms with E-state index in [1.54, 1.807) is 0 Å². The Balaban J connectivity index is 2.56. The van der Waals surface area contributed by atoms with Gasteiger partial charge in [-0.25, -0.2) is 0 Å². The molecule has 1 rings (SSSR count). The molecule has 0 radical (unpaired) electrons. The molecule has 0 aromatic heterocycles. The number of nitrogens with one attached hydrogen (secondary N) is 1. The highest BCUT2D eigenvalue weighted by Gasteiger charge is 2.12. The van der Waals surface area contributed by atoms with Gasteiger partial charge in [0.05, 0.1) is 5.56 Å². The van der Waals surface area contributed by atoms with Crippen molar-refractivity contribution in [1.82, 2.24) is 5.32 Å². The first kappa shape index (κ1) is 12.3. The molecular formula is C11H15NO4.